The zero-order valence-corrected chi connectivity index (χ0v) is 12.2. The largest absolute Gasteiger partial charge is 0.396 e. The Balaban J connectivity index is 1.96. The van der Waals surface area contributed by atoms with Crippen molar-refractivity contribution < 1.29 is 9.84 Å². The number of aliphatic hydroxyl groups is 1. The summed E-state index contributed by atoms with van der Waals surface area (Å²) in [6.07, 6.45) is 6.43. The molecule has 1 heterocycles. The summed E-state index contributed by atoms with van der Waals surface area (Å²) in [5.41, 5.74) is 0.134. The van der Waals surface area contributed by atoms with Crippen LogP contribution < -0.4 is 0 Å². The van der Waals surface area contributed by atoms with E-state index in [0.29, 0.717) is 18.8 Å². The second-order valence-electron chi connectivity index (χ2n) is 6.71. The van der Waals surface area contributed by atoms with E-state index in [2.05, 4.69) is 25.8 Å². The fourth-order valence-corrected chi connectivity index (χ4v) is 4.05. The van der Waals surface area contributed by atoms with Crippen molar-refractivity contribution in [3.63, 3.8) is 0 Å². The summed E-state index contributed by atoms with van der Waals surface area (Å²) < 4.78 is 5.66. The zero-order chi connectivity index (χ0) is 13.2. The summed E-state index contributed by atoms with van der Waals surface area (Å²) in [5.74, 6) is 0.761. The van der Waals surface area contributed by atoms with Crippen molar-refractivity contribution in [1.82, 2.24) is 4.90 Å². The van der Waals surface area contributed by atoms with E-state index in [1.165, 1.54) is 25.7 Å². The van der Waals surface area contributed by atoms with Crippen molar-refractivity contribution >= 4 is 0 Å². The van der Waals surface area contributed by atoms with Crippen LogP contribution in [0.4, 0.5) is 0 Å². The first-order chi connectivity index (χ1) is 8.56. The molecule has 0 aromatic heterocycles. The Labute approximate surface area is 112 Å². The van der Waals surface area contributed by atoms with Crippen LogP contribution in [0, 0.1) is 11.3 Å². The van der Waals surface area contributed by atoms with Gasteiger partial charge in [0, 0.05) is 31.2 Å². The Morgan fingerprint density at radius 3 is 2.67 bits per heavy atom. The van der Waals surface area contributed by atoms with E-state index in [1.54, 1.807) is 0 Å². The van der Waals surface area contributed by atoms with Gasteiger partial charge in [-0.25, -0.2) is 0 Å². The van der Waals surface area contributed by atoms with Gasteiger partial charge in [0.1, 0.15) is 0 Å². The number of aliphatic hydroxyl groups excluding tert-OH is 1. The van der Waals surface area contributed by atoms with E-state index in [0.717, 1.165) is 25.5 Å². The first kappa shape index (κ1) is 14.3. The van der Waals surface area contributed by atoms with Gasteiger partial charge >= 0.3 is 0 Å². The average Bonchev–Trinajstić information content (AvgIpc) is 2.75. The van der Waals surface area contributed by atoms with Gasteiger partial charge in [-0.05, 0) is 39.2 Å². The molecule has 106 valence electrons. The maximum atomic E-state index is 9.86. The summed E-state index contributed by atoms with van der Waals surface area (Å²) in [4.78, 5) is 2.44. The zero-order valence-electron chi connectivity index (χ0n) is 12.2. The third-order valence-corrected chi connectivity index (χ3v) is 5.01. The highest BCUT2D eigenvalue weighted by Gasteiger charge is 2.38. The molecule has 0 amide bonds. The molecule has 2 rings (SSSR count). The first-order valence-electron chi connectivity index (χ1n) is 7.49. The second-order valence-corrected chi connectivity index (χ2v) is 6.71. The minimum Gasteiger partial charge on any atom is -0.396 e. The van der Waals surface area contributed by atoms with Crippen molar-refractivity contribution in [1.29, 1.82) is 0 Å². The van der Waals surface area contributed by atoms with Gasteiger partial charge in [-0.1, -0.05) is 19.8 Å². The topological polar surface area (TPSA) is 32.7 Å². The molecule has 1 aliphatic heterocycles. The molecule has 4 unspecified atom stereocenters. The SMILES string of the molecule is CC1CCCC(CO)(CN(C)C2CCOC2C)C1. The summed E-state index contributed by atoms with van der Waals surface area (Å²) in [6.45, 7) is 6.74. The first-order valence-corrected chi connectivity index (χ1v) is 7.49. The van der Waals surface area contributed by atoms with Gasteiger partial charge < -0.3 is 14.7 Å². The van der Waals surface area contributed by atoms with Gasteiger partial charge in [0.15, 0.2) is 0 Å². The Hall–Kier alpha value is -0.120. The highest BCUT2D eigenvalue weighted by molar-refractivity contribution is 4.90. The van der Waals surface area contributed by atoms with E-state index < -0.39 is 0 Å². The highest BCUT2D eigenvalue weighted by atomic mass is 16.5. The van der Waals surface area contributed by atoms with Gasteiger partial charge in [0.25, 0.3) is 0 Å². The number of rotatable bonds is 4. The van der Waals surface area contributed by atoms with Crippen LogP contribution >= 0.6 is 0 Å². The molecule has 0 aromatic carbocycles. The molecule has 0 spiro atoms. The summed E-state index contributed by atoms with van der Waals surface area (Å²) in [5, 5.41) is 9.86. The van der Waals surface area contributed by atoms with Gasteiger partial charge in [-0.3, -0.25) is 0 Å². The molecule has 3 nitrogen and oxygen atoms in total. The van der Waals surface area contributed by atoms with E-state index >= 15 is 0 Å². The van der Waals surface area contributed by atoms with Gasteiger partial charge in [-0.2, -0.15) is 0 Å². The van der Waals surface area contributed by atoms with E-state index in [4.69, 9.17) is 4.74 Å². The molecule has 1 saturated heterocycles. The maximum absolute atomic E-state index is 9.86. The fourth-order valence-electron chi connectivity index (χ4n) is 4.05. The third-order valence-electron chi connectivity index (χ3n) is 5.01. The summed E-state index contributed by atoms with van der Waals surface area (Å²) >= 11 is 0. The fraction of sp³-hybridized carbons (Fsp3) is 1.00. The number of hydrogen-bond acceptors (Lipinski definition) is 3. The standard InChI is InChI=1S/C15H29NO2/c1-12-5-4-7-15(9-12,11-17)10-16(3)14-6-8-18-13(14)2/h12-14,17H,4-11H2,1-3H3. The van der Waals surface area contributed by atoms with Crippen LogP contribution in [0.2, 0.25) is 0 Å². The van der Waals surface area contributed by atoms with Crippen LogP contribution in [0.1, 0.15) is 46.0 Å². The number of likely N-dealkylation sites (N-methyl/N-ethyl adjacent to an activating group) is 1. The molecule has 2 aliphatic rings. The smallest absolute Gasteiger partial charge is 0.0702 e. The number of ether oxygens (including phenoxy) is 1. The Kier molecular flexibility index (Phi) is 4.68. The predicted octanol–water partition coefficient (Wildman–Crippen LogP) is 2.28. The molecule has 0 radical (unpaired) electrons. The molecule has 1 N–H and O–H groups in total. The molecular weight excluding hydrogens is 226 g/mol. The summed E-state index contributed by atoms with van der Waals surface area (Å²) in [7, 11) is 2.20. The number of nitrogens with zero attached hydrogens (tertiary/aromatic N) is 1. The quantitative estimate of drug-likeness (QED) is 0.836. The van der Waals surface area contributed by atoms with Crippen LogP contribution in [-0.2, 0) is 4.74 Å². The summed E-state index contributed by atoms with van der Waals surface area (Å²) in [6, 6.07) is 0.533. The molecule has 1 aliphatic carbocycles. The Morgan fingerprint density at radius 2 is 2.11 bits per heavy atom. The van der Waals surface area contributed by atoms with Gasteiger partial charge in [-0.15, -0.1) is 0 Å². The van der Waals surface area contributed by atoms with Crippen molar-refractivity contribution in [2.45, 2.75) is 58.1 Å². The minimum atomic E-state index is 0.134. The minimum absolute atomic E-state index is 0.134. The van der Waals surface area contributed by atoms with Crippen molar-refractivity contribution in [2.75, 3.05) is 26.8 Å². The molecular formula is C15H29NO2. The van der Waals surface area contributed by atoms with Crippen molar-refractivity contribution in [3.05, 3.63) is 0 Å². The van der Waals surface area contributed by atoms with E-state index in [-0.39, 0.29) is 5.41 Å². The molecule has 2 fully saturated rings. The van der Waals surface area contributed by atoms with Gasteiger partial charge in [0.05, 0.1) is 6.10 Å². The lowest BCUT2D eigenvalue weighted by molar-refractivity contribution is 0.00704. The maximum Gasteiger partial charge on any atom is 0.0702 e. The normalized spacial score (nSPS) is 41.5. The molecule has 4 atom stereocenters. The van der Waals surface area contributed by atoms with Crippen LogP contribution in [0.25, 0.3) is 0 Å². The molecule has 3 heteroatoms. The lowest BCUT2D eigenvalue weighted by Gasteiger charge is -2.43. The third kappa shape index (κ3) is 3.06. The van der Waals surface area contributed by atoms with E-state index in [1.807, 2.05) is 0 Å². The van der Waals surface area contributed by atoms with Crippen LogP contribution in [0.15, 0.2) is 0 Å². The van der Waals surface area contributed by atoms with Crippen LogP contribution in [0.5, 0.6) is 0 Å². The Bertz CT molecular complexity index is 271. The lowest BCUT2D eigenvalue weighted by atomic mass is 9.70. The second kappa shape index (κ2) is 5.89. The van der Waals surface area contributed by atoms with Crippen LogP contribution in [0.3, 0.4) is 0 Å². The molecule has 1 saturated carbocycles. The average molecular weight is 255 g/mol. The highest BCUT2D eigenvalue weighted by Crippen LogP contribution is 2.40. The van der Waals surface area contributed by atoms with Crippen molar-refractivity contribution in [2.24, 2.45) is 11.3 Å². The molecule has 0 aromatic rings. The lowest BCUT2D eigenvalue weighted by Crippen LogP contribution is -2.47. The van der Waals surface area contributed by atoms with Crippen molar-refractivity contribution in [3.8, 4) is 0 Å². The predicted molar refractivity (Wildman–Crippen MR) is 73.6 cm³/mol. The molecule has 0 bridgehead atoms. The van der Waals surface area contributed by atoms with E-state index in [9.17, 15) is 5.11 Å². The number of hydrogen-bond donors (Lipinski definition) is 1. The monoisotopic (exact) mass is 255 g/mol. The van der Waals surface area contributed by atoms with Crippen LogP contribution in [-0.4, -0.2) is 49.0 Å². The molecule has 18 heavy (non-hydrogen) atoms. The Morgan fingerprint density at radius 1 is 1.33 bits per heavy atom. The van der Waals surface area contributed by atoms with Gasteiger partial charge in [0.2, 0.25) is 0 Å².